The van der Waals surface area contributed by atoms with Gasteiger partial charge in [0, 0.05) is 6.07 Å². The van der Waals surface area contributed by atoms with Crippen LogP contribution in [0.25, 0.3) is 0 Å². The number of rotatable bonds is 2. The Balaban J connectivity index is 0.000000711. The Morgan fingerprint density at radius 2 is 1.89 bits per heavy atom. The fourth-order valence-electron chi connectivity index (χ4n) is 0.973. The van der Waals surface area contributed by atoms with Crippen molar-refractivity contribution in [3.63, 3.8) is 0 Å². The highest BCUT2D eigenvalue weighted by Gasteiger charge is 2.14. The van der Waals surface area contributed by atoms with Gasteiger partial charge in [0.05, 0.1) is 16.6 Å². The summed E-state index contributed by atoms with van der Waals surface area (Å²) in [4.78, 5) is 21.9. The largest absolute Gasteiger partial charge is 0.370 e. The predicted molar refractivity (Wildman–Crippen MR) is 62.1 cm³/mol. The Morgan fingerprint density at radius 3 is 2.26 bits per heavy atom. The van der Waals surface area contributed by atoms with Gasteiger partial charge in [0.15, 0.2) is 5.96 Å². The van der Waals surface area contributed by atoms with Gasteiger partial charge in [-0.05, 0) is 12.1 Å². The number of aliphatic imine (C=N–C) groups is 1. The first kappa shape index (κ1) is 15.6. The first-order valence-corrected chi connectivity index (χ1v) is 4.39. The summed E-state index contributed by atoms with van der Waals surface area (Å²) in [6.07, 6.45) is 0. The molecule has 5 N–H and O–H groups in total. The summed E-state index contributed by atoms with van der Waals surface area (Å²) in [6, 6.07) is 5.61. The van der Waals surface area contributed by atoms with Gasteiger partial charge in [-0.1, -0.05) is 0 Å². The molecule has 11 nitrogen and oxygen atoms in total. The second-order valence-corrected chi connectivity index (χ2v) is 2.85. The summed E-state index contributed by atoms with van der Waals surface area (Å²) in [6.45, 7) is 0. The van der Waals surface area contributed by atoms with E-state index in [1.165, 1.54) is 12.1 Å². The van der Waals surface area contributed by atoms with Crippen LogP contribution in [0.15, 0.2) is 23.2 Å². The van der Waals surface area contributed by atoms with Crippen LogP contribution in [-0.4, -0.2) is 21.2 Å². The van der Waals surface area contributed by atoms with Crippen molar-refractivity contribution < 1.29 is 15.2 Å². The van der Waals surface area contributed by atoms with E-state index in [2.05, 4.69) is 4.99 Å². The maximum absolute atomic E-state index is 10.6. The van der Waals surface area contributed by atoms with E-state index in [1.54, 1.807) is 6.07 Å². The zero-order valence-corrected chi connectivity index (χ0v) is 9.26. The van der Waals surface area contributed by atoms with E-state index in [1.807, 2.05) is 0 Å². The van der Waals surface area contributed by atoms with Crippen LogP contribution in [0, 0.1) is 31.6 Å². The van der Waals surface area contributed by atoms with Crippen molar-refractivity contribution in [2.24, 2.45) is 16.5 Å². The first-order valence-electron chi connectivity index (χ1n) is 4.39. The molecule has 1 aromatic rings. The van der Waals surface area contributed by atoms with Crippen molar-refractivity contribution >= 4 is 17.3 Å². The standard InChI is InChI=1S/C8H7N5O2.HNO3/c9-4-5-1-2-6(12-8(10)11)7(3-5)13(14)15;2-1(3)4/h1-3H,(H4,10,11,12);(H,2,3,4). The van der Waals surface area contributed by atoms with Gasteiger partial charge in [-0.25, -0.2) is 4.99 Å². The van der Waals surface area contributed by atoms with Crippen LogP contribution in [0.5, 0.6) is 0 Å². The Morgan fingerprint density at radius 1 is 1.37 bits per heavy atom. The van der Waals surface area contributed by atoms with E-state index in [0.29, 0.717) is 0 Å². The fraction of sp³-hybridized carbons (Fsp3) is 0. The van der Waals surface area contributed by atoms with E-state index in [4.69, 9.17) is 32.1 Å². The molecule has 11 heteroatoms. The smallest absolute Gasteiger partial charge is 0.296 e. The fourth-order valence-corrected chi connectivity index (χ4v) is 0.973. The predicted octanol–water partition coefficient (Wildman–Crippen LogP) is 0.0237. The lowest BCUT2D eigenvalue weighted by atomic mass is 10.2. The van der Waals surface area contributed by atoms with Gasteiger partial charge in [-0.2, -0.15) is 5.26 Å². The van der Waals surface area contributed by atoms with Crippen molar-refractivity contribution in [3.8, 4) is 6.07 Å². The quantitative estimate of drug-likeness (QED) is 0.288. The highest BCUT2D eigenvalue weighted by atomic mass is 16.9. The maximum atomic E-state index is 10.6. The van der Waals surface area contributed by atoms with Crippen LogP contribution >= 0.6 is 0 Å². The third kappa shape index (κ3) is 6.02. The lowest BCUT2D eigenvalue weighted by molar-refractivity contribution is -0.742. The molecule has 0 bridgehead atoms. The number of nitriles is 1. The summed E-state index contributed by atoms with van der Waals surface area (Å²) in [7, 11) is 0. The summed E-state index contributed by atoms with van der Waals surface area (Å²) in [5.74, 6) is -0.275. The van der Waals surface area contributed by atoms with Crippen molar-refractivity contribution in [2.75, 3.05) is 0 Å². The highest BCUT2D eigenvalue weighted by molar-refractivity contribution is 5.81. The third-order valence-electron chi connectivity index (χ3n) is 1.55. The topological polar surface area (TPSA) is 195 Å². The van der Waals surface area contributed by atoms with E-state index in [-0.39, 0.29) is 22.9 Å². The number of nitro groups is 1. The minimum atomic E-state index is -1.50. The minimum Gasteiger partial charge on any atom is -0.370 e. The normalized spacial score (nSPS) is 8.37. The minimum absolute atomic E-state index is 0.0269. The number of hydrogen-bond acceptors (Lipinski definition) is 6. The molecule has 0 aliphatic heterocycles. The van der Waals surface area contributed by atoms with E-state index >= 15 is 0 Å². The molecule has 0 aliphatic carbocycles. The SMILES string of the molecule is N#Cc1ccc(N=C(N)N)c([N+](=O)[O-])c1.O=[N+]([O-])O. The molecule has 1 rings (SSSR count). The maximum Gasteiger partial charge on any atom is 0.296 e. The highest BCUT2D eigenvalue weighted by Crippen LogP contribution is 2.27. The Kier molecular flexibility index (Phi) is 5.75. The van der Waals surface area contributed by atoms with Crippen molar-refractivity contribution in [2.45, 2.75) is 0 Å². The Labute approximate surface area is 105 Å². The second kappa shape index (κ2) is 7.01. The van der Waals surface area contributed by atoms with Gasteiger partial charge in [0.25, 0.3) is 10.8 Å². The first-order chi connectivity index (χ1) is 8.77. The summed E-state index contributed by atoms with van der Waals surface area (Å²) in [5, 5.41) is 32.8. The molecule has 19 heavy (non-hydrogen) atoms. The number of guanidine groups is 1. The van der Waals surface area contributed by atoms with Crippen LogP contribution in [-0.2, 0) is 0 Å². The van der Waals surface area contributed by atoms with Gasteiger partial charge in [0.1, 0.15) is 5.69 Å². The lowest BCUT2D eigenvalue weighted by Crippen LogP contribution is -2.22. The molecule has 0 saturated heterocycles. The molecule has 100 valence electrons. The number of hydrogen-bond donors (Lipinski definition) is 3. The number of nitrogens with two attached hydrogens (primary N) is 2. The molecular weight excluding hydrogens is 260 g/mol. The third-order valence-corrected chi connectivity index (χ3v) is 1.55. The van der Waals surface area contributed by atoms with Crippen LogP contribution in [0.3, 0.4) is 0 Å². The molecule has 0 heterocycles. The van der Waals surface area contributed by atoms with Crippen molar-refractivity contribution in [3.05, 3.63) is 44.0 Å². The number of nitrogens with zero attached hydrogens (tertiary/aromatic N) is 4. The Bertz CT molecular complexity index is 555. The van der Waals surface area contributed by atoms with Gasteiger partial charge in [-0.15, -0.1) is 10.1 Å². The average molecular weight is 268 g/mol. The molecule has 0 saturated carbocycles. The molecule has 0 aromatic heterocycles. The van der Waals surface area contributed by atoms with E-state index in [9.17, 15) is 10.1 Å². The number of nitro benzene ring substituents is 1. The number of benzene rings is 1. The monoisotopic (exact) mass is 268 g/mol. The molecule has 0 spiro atoms. The van der Waals surface area contributed by atoms with E-state index in [0.717, 1.165) is 6.07 Å². The average Bonchev–Trinajstić information content (AvgIpc) is 2.27. The molecule has 0 radical (unpaired) electrons. The zero-order chi connectivity index (χ0) is 15.0. The second-order valence-electron chi connectivity index (χ2n) is 2.85. The molecule has 0 aliphatic rings. The summed E-state index contributed by atoms with van der Waals surface area (Å²) >= 11 is 0. The summed E-state index contributed by atoms with van der Waals surface area (Å²) in [5.41, 5.74) is 10.1. The van der Waals surface area contributed by atoms with E-state index < -0.39 is 10.0 Å². The van der Waals surface area contributed by atoms with Gasteiger partial charge >= 0.3 is 0 Å². The van der Waals surface area contributed by atoms with Crippen LogP contribution in [0.2, 0.25) is 0 Å². The summed E-state index contributed by atoms with van der Waals surface area (Å²) < 4.78 is 0. The molecule has 0 amide bonds. The van der Waals surface area contributed by atoms with Crippen LogP contribution in [0.1, 0.15) is 5.56 Å². The molecule has 1 aromatic carbocycles. The molecule has 0 atom stereocenters. The van der Waals surface area contributed by atoms with Crippen LogP contribution < -0.4 is 11.5 Å². The van der Waals surface area contributed by atoms with Gasteiger partial charge in [0.2, 0.25) is 0 Å². The molecular formula is C8H8N6O5. The van der Waals surface area contributed by atoms with Crippen molar-refractivity contribution in [1.82, 2.24) is 0 Å². The zero-order valence-electron chi connectivity index (χ0n) is 9.26. The van der Waals surface area contributed by atoms with Gasteiger partial charge < -0.3 is 16.7 Å². The van der Waals surface area contributed by atoms with Gasteiger partial charge in [-0.3, -0.25) is 10.1 Å². The molecule has 0 unspecified atom stereocenters. The molecule has 0 fully saturated rings. The van der Waals surface area contributed by atoms with Crippen molar-refractivity contribution in [1.29, 1.82) is 5.26 Å². The van der Waals surface area contributed by atoms with Crippen LogP contribution in [0.4, 0.5) is 11.4 Å². The lowest BCUT2D eigenvalue weighted by Gasteiger charge is -1.98. The Hall–Kier alpha value is -3.42.